The minimum absolute atomic E-state index is 0.0828. The Morgan fingerprint density at radius 3 is 2.17 bits per heavy atom. The van der Waals surface area contributed by atoms with Crippen molar-refractivity contribution in [3.8, 4) is 0 Å². The summed E-state index contributed by atoms with van der Waals surface area (Å²) in [5.41, 5.74) is -1.29. The molecule has 0 bridgehead atoms. The lowest BCUT2D eigenvalue weighted by molar-refractivity contribution is -0.131. The van der Waals surface area contributed by atoms with Crippen LogP contribution in [0, 0.1) is 0 Å². The van der Waals surface area contributed by atoms with E-state index in [-0.39, 0.29) is 28.1 Å². The number of carbonyl (C=O) groups excluding carboxylic acids is 4. The zero-order chi connectivity index (χ0) is 23.5. The molecule has 1 rings (SSSR count). The Balaban J connectivity index is 2.84. The third-order valence-corrected chi connectivity index (χ3v) is 5.30. The Morgan fingerprint density at radius 2 is 1.67 bits per heavy atom. The largest absolute Gasteiger partial charge is 0.443 e. The van der Waals surface area contributed by atoms with E-state index in [4.69, 9.17) is 4.74 Å². The zero-order valence-electron chi connectivity index (χ0n) is 19.7. The average Bonchev–Trinajstić information content (AvgIpc) is 2.83. The second kappa shape index (κ2) is 9.54. The maximum atomic E-state index is 12.6. The number of rotatable bonds is 5. The second-order valence-corrected chi connectivity index (χ2v) is 12.1. The summed E-state index contributed by atoms with van der Waals surface area (Å²) in [5.74, 6) is -0.846. The van der Waals surface area contributed by atoms with Gasteiger partial charge in [-0.15, -0.1) is 0 Å². The minimum atomic E-state index is -1.21. The Bertz CT molecular complexity index is 729. The van der Waals surface area contributed by atoms with Gasteiger partial charge < -0.3 is 10.1 Å². The average molecular weight is 441 g/mol. The van der Waals surface area contributed by atoms with E-state index >= 15 is 0 Å². The van der Waals surface area contributed by atoms with Gasteiger partial charge in [0.25, 0.3) is 0 Å². The van der Waals surface area contributed by atoms with Crippen LogP contribution in [0.5, 0.6) is 0 Å². The van der Waals surface area contributed by atoms with Crippen molar-refractivity contribution in [2.75, 3.05) is 0 Å². The summed E-state index contributed by atoms with van der Waals surface area (Å²) in [7, 11) is 0. The molecule has 0 radical (unpaired) electrons. The number of nitrogens with zero attached hydrogens (tertiary/aromatic N) is 1. The molecular weight excluding hydrogens is 404 g/mol. The molecule has 0 spiro atoms. The molecule has 0 aromatic heterocycles. The van der Waals surface area contributed by atoms with Crippen LogP contribution in [0.4, 0.5) is 4.79 Å². The van der Waals surface area contributed by atoms with Gasteiger partial charge in [-0.25, -0.2) is 4.79 Å². The molecule has 0 aliphatic carbocycles. The van der Waals surface area contributed by atoms with Crippen molar-refractivity contribution in [3.05, 3.63) is 11.8 Å². The fourth-order valence-corrected chi connectivity index (χ4v) is 3.82. The quantitative estimate of drug-likeness (QED) is 0.509. The van der Waals surface area contributed by atoms with Crippen molar-refractivity contribution >= 4 is 34.7 Å². The number of hydrogen-bond acceptors (Lipinski definition) is 6. The summed E-state index contributed by atoms with van der Waals surface area (Å²) in [4.78, 5) is 51.3. The lowest BCUT2D eigenvalue weighted by Gasteiger charge is -2.28. The van der Waals surface area contributed by atoms with Gasteiger partial charge in [-0.1, -0.05) is 32.5 Å². The number of likely N-dealkylation sites (tertiary alicyclic amines) is 1. The van der Waals surface area contributed by atoms with Crippen LogP contribution in [0.3, 0.4) is 0 Å². The highest BCUT2D eigenvalue weighted by Crippen LogP contribution is 2.29. The van der Waals surface area contributed by atoms with E-state index in [1.807, 2.05) is 27.7 Å². The van der Waals surface area contributed by atoms with Gasteiger partial charge in [0.15, 0.2) is 10.9 Å². The molecule has 0 aromatic rings. The molecule has 7 nitrogen and oxygen atoms in total. The molecule has 1 heterocycles. The summed E-state index contributed by atoms with van der Waals surface area (Å²) in [5, 5.41) is 2.44. The molecule has 1 aliphatic rings. The van der Waals surface area contributed by atoms with Crippen LogP contribution in [0.2, 0.25) is 0 Å². The standard InChI is InChI=1S/C22H36N2O5S/c1-14-10-11-15(24(14)19(28)29-20(2,3)4)12-17(26)23-22(8,9)16(25)13-18(27)30-21(5,6)7/h12,14H,10-11,13H2,1-9H3,(H,23,26)/b15-12+/t14-/m0/s1. The second-order valence-electron chi connectivity index (χ2n) is 10.2. The van der Waals surface area contributed by atoms with Gasteiger partial charge >= 0.3 is 6.09 Å². The number of ketones is 1. The third-order valence-electron chi connectivity index (χ3n) is 4.31. The highest BCUT2D eigenvalue weighted by molar-refractivity contribution is 8.14. The van der Waals surface area contributed by atoms with E-state index in [0.717, 1.165) is 18.2 Å². The van der Waals surface area contributed by atoms with Crippen molar-refractivity contribution in [1.82, 2.24) is 10.2 Å². The number of allylic oxidation sites excluding steroid dienone is 1. The van der Waals surface area contributed by atoms with Crippen molar-refractivity contribution in [2.24, 2.45) is 0 Å². The van der Waals surface area contributed by atoms with Crippen LogP contribution in [0.15, 0.2) is 11.8 Å². The Hall–Kier alpha value is -1.83. The van der Waals surface area contributed by atoms with Crippen LogP contribution in [0.25, 0.3) is 0 Å². The maximum Gasteiger partial charge on any atom is 0.414 e. The van der Waals surface area contributed by atoms with Crippen LogP contribution < -0.4 is 5.32 Å². The molecule has 1 fully saturated rings. The van der Waals surface area contributed by atoms with E-state index in [2.05, 4.69) is 5.32 Å². The van der Waals surface area contributed by atoms with Crippen molar-refractivity contribution < 1.29 is 23.9 Å². The summed E-state index contributed by atoms with van der Waals surface area (Å²) in [6.45, 7) is 16.1. The fourth-order valence-electron chi connectivity index (χ4n) is 2.93. The first kappa shape index (κ1) is 26.2. The molecule has 30 heavy (non-hydrogen) atoms. The van der Waals surface area contributed by atoms with Crippen LogP contribution in [0.1, 0.15) is 81.6 Å². The lowest BCUT2D eigenvalue weighted by Crippen LogP contribution is -2.50. The van der Waals surface area contributed by atoms with E-state index in [9.17, 15) is 19.2 Å². The van der Waals surface area contributed by atoms with Crippen LogP contribution in [-0.2, 0) is 19.1 Å². The molecule has 0 saturated carbocycles. The highest BCUT2D eigenvalue weighted by Gasteiger charge is 2.35. The monoisotopic (exact) mass is 440 g/mol. The zero-order valence-corrected chi connectivity index (χ0v) is 20.5. The predicted octanol–water partition coefficient (Wildman–Crippen LogP) is 4.20. The van der Waals surface area contributed by atoms with E-state index < -0.39 is 23.1 Å². The number of hydrogen-bond donors (Lipinski definition) is 1. The number of amides is 2. The SMILES string of the molecule is C[C@H]1CC/C(=C\C(=O)NC(C)(C)C(=O)CC(=O)SC(C)(C)C)N1C(=O)OC(C)(C)C. The fraction of sp³-hybridized carbons (Fsp3) is 0.727. The molecule has 2 amide bonds. The third kappa shape index (κ3) is 8.50. The Labute approximate surface area is 184 Å². The molecular formula is C22H36N2O5S. The van der Waals surface area contributed by atoms with Gasteiger partial charge in [0.05, 0.1) is 12.0 Å². The number of ether oxygens (including phenoxy) is 1. The van der Waals surface area contributed by atoms with Crippen molar-refractivity contribution in [2.45, 2.75) is 104 Å². The van der Waals surface area contributed by atoms with E-state index in [0.29, 0.717) is 12.1 Å². The molecule has 1 aliphatic heterocycles. The van der Waals surface area contributed by atoms with Gasteiger partial charge in [-0.05, 0) is 54.4 Å². The van der Waals surface area contributed by atoms with Gasteiger partial charge in [-0.2, -0.15) is 0 Å². The minimum Gasteiger partial charge on any atom is -0.443 e. The summed E-state index contributed by atoms with van der Waals surface area (Å²) < 4.78 is 5.17. The topological polar surface area (TPSA) is 92.8 Å². The number of Topliss-reactive ketones (excluding diaryl/α,β-unsaturated/α-hetero) is 1. The van der Waals surface area contributed by atoms with Crippen molar-refractivity contribution in [3.63, 3.8) is 0 Å². The van der Waals surface area contributed by atoms with Gasteiger partial charge in [0.2, 0.25) is 5.91 Å². The summed E-state index contributed by atoms with van der Waals surface area (Å²) in [6, 6.07) is -0.0828. The molecule has 0 aromatic carbocycles. The molecule has 0 unspecified atom stereocenters. The van der Waals surface area contributed by atoms with E-state index in [1.165, 1.54) is 11.0 Å². The smallest absolute Gasteiger partial charge is 0.414 e. The van der Waals surface area contributed by atoms with Crippen molar-refractivity contribution in [1.29, 1.82) is 0 Å². The molecule has 1 atom stereocenters. The van der Waals surface area contributed by atoms with Gasteiger partial charge in [-0.3, -0.25) is 19.3 Å². The Morgan fingerprint density at radius 1 is 1.10 bits per heavy atom. The number of thioether (sulfide) groups is 1. The first-order valence-corrected chi connectivity index (χ1v) is 11.0. The Kier molecular flexibility index (Phi) is 8.33. The van der Waals surface area contributed by atoms with Crippen LogP contribution in [-0.4, -0.2) is 49.7 Å². The van der Waals surface area contributed by atoms with Crippen LogP contribution >= 0.6 is 11.8 Å². The molecule has 1 saturated heterocycles. The molecule has 170 valence electrons. The number of carbonyl (C=O) groups is 4. The maximum absolute atomic E-state index is 12.6. The first-order valence-electron chi connectivity index (χ1n) is 10.2. The summed E-state index contributed by atoms with van der Waals surface area (Å²) in [6.07, 6.45) is 1.87. The summed E-state index contributed by atoms with van der Waals surface area (Å²) >= 11 is 1.11. The predicted molar refractivity (Wildman–Crippen MR) is 119 cm³/mol. The molecule has 1 N–H and O–H groups in total. The normalized spacial score (nSPS) is 19.0. The highest BCUT2D eigenvalue weighted by atomic mass is 32.2. The lowest BCUT2D eigenvalue weighted by atomic mass is 9.97. The molecule has 8 heteroatoms. The first-order chi connectivity index (χ1) is 13.4. The van der Waals surface area contributed by atoms with E-state index in [1.54, 1.807) is 34.6 Å². The van der Waals surface area contributed by atoms with Gasteiger partial charge in [0.1, 0.15) is 5.60 Å². The van der Waals surface area contributed by atoms with Gasteiger partial charge in [0, 0.05) is 22.6 Å². The number of nitrogens with one attached hydrogen (secondary N) is 1.